The van der Waals surface area contributed by atoms with Crippen LogP contribution in [0.2, 0.25) is 0 Å². The summed E-state index contributed by atoms with van der Waals surface area (Å²) in [6.07, 6.45) is 5.81. The zero-order valence-corrected chi connectivity index (χ0v) is 16.3. The number of piperazine rings is 1. The van der Waals surface area contributed by atoms with Crippen LogP contribution in [-0.2, 0) is 0 Å². The van der Waals surface area contributed by atoms with Gasteiger partial charge >= 0.3 is 0 Å². The third-order valence-electron chi connectivity index (χ3n) is 4.97. The van der Waals surface area contributed by atoms with Crippen LogP contribution in [0.25, 0.3) is 0 Å². The lowest BCUT2D eigenvalue weighted by atomic mass is 10.1. The fourth-order valence-electron chi connectivity index (χ4n) is 3.45. The van der Waals surface area contributed by atoms with Crippen molar-refractivity contribution >= 4 is 23.5 Å². The van der Waals surface area contributed by atoms with Crippen molar-refractivity contribution in [2.45, 2.75) is 6.42 Å². The maximum absolute atomic E-state index is 12.8. The van der Waals surface area contributed by atoms with Crippen molar-refractivity contribution in [2.24, 2.45) is 0 Å². The van der Waals surface area contributed by atoms with Crippen molar-refractivity contribution in [1.82, 2.24) is 19.8 Å². The van der Waals surface area contributed by atoms with E-state index in [9.17, 15) is 4.79 Å². The van der Waals surface area contributed by atoms with Gasteiger partial charge in [-0.3, -0.25) is 14.6 Å². The van der Waals surface area contributed by atoms with E-state index >= 15 is 0 Å². The summed E-state index contributed by atoms with van der Waals surface area (Å²) in [5.74, 6) is 1.20. The van der Waals surface area contributed by atoms with Crippen LogP contribution in [0.15, 0.2) is 54.1 Å². The third-order valence-corrected chi connectivity index (χ3v) is 5.26. The fraction of sp³-hybridized carbons (Fsp3) is 0.350. The molecule has 7 nitrogen and oxygen atoms in total. The zero-order valence-electron chi connectivity index (χ0n) is 15.5. The lowest BCUT2D eigenvalue weighted by molar-refractivity contribution is 0.0811. The molecule has 1 amide bonds. The van der Waals surface area contributed by atoms with Gasteiger partial charge in [-0.15, -0.1) is 0 Å². The first kappa shape index (κ1) is 18.7. The summed E-state index contributed by atoms with van der Waals surface area (Å²) < 4.78 is 5.53. The van der Waals surface area contributed by atoms with Gasteiger partial charge in [0.2, 0.25) is 5.95 Å². The fourth-order valence-corrected chi connectivity index (χ4v) is 3.66. The molecule has 2 aliphatic heterocycles. The Hall–Kier alpha value is -2.64. The van der Waals surface area contributed by atoms with Crippen molar-refractivity contribution in [3.05, 3.63) is 59.7 Å². The molecule has 4 rings (SSSR count). The number of para-hydroxylation sites is 1. The summed E-state index contributed by atoms with van der Waals surface area (Å²) in [5.41, 5.74) is 0.533. The number of rotatable bonds is 5. The molecular weight excluding hydrogens is 378 g/mol. The van der Waals surface area contributed by atoms with Crippen LogP contribution < -0.4 is 9.64 Å². The highest BCUT2D eigenvalue weighted by molar-refractivity contribution is 6.30. The molecule has 0 aliphatic carbocycles. The first-order valence-electron chi connectivity index (χ1n) is 9.40. The van der Waals surface area contributed by atoms with Gasteiger partial charge < -0.3 is 9.64 Å². The molecule has 0 radical (unpaired) electrons. The van der Waals surface area contributed by atoms with Crippen LogP contribution in [0.1, 0.15) is 16.8 Å². The largest absolute Gasteiger partial charge is 0.461 e. The average Bonchev–Trinajstić information content (AvgIpc) is 2.87. The second kappa shape index (κ2) is 8.58. The molecule has 1 fully saturated rings. The number of aromatic nitrogens is 2. The first-order valence-corrected chi connectivity index (χ1v) is 9.78. The van der Waals surface area contributed by atoms with Crippen LogP contribution in [0.3, 0.4) is 0 Å². The molecule has 0 saturated carbocycles. The molecule has 2 aromatic rings. The molecule has 28 heavy (non-hydrogen) atoms. The van der Waals surface area contributed by atoms with Crippen LogP contribution >= 0.6 is 11.6 Å². The number of hydrogen-bond acceptors (Lipinski definition) is 6. The SMILES string of the molecule is O=C1c2ccccc2OC=C(Cl)N1CCCN1CCN(c2ncccn2)CC1. The maximum Gasteiger partial charge on any atom is 0.262 e. The quantitative estimate of drug-likeness (QED) is 0.720. The molecule has 2 aliphatic rings. The third kappa shape index (κ3) is 4.10. The highest BCUT2D eigenvalue weighted by Gasteiger charge is 2.25. The number of nitrogens with zero attached hydrogens (tertiary/aromatic N) is 5. The number of anilines is 1. The Morgan fingerprint density at radius 2 is 1.75 bits per heavy atom. The molecule has 0 spiro atoms. The summed E-state index contributed by atoms with van der Waals surface area (Å²) in [6, 6.07) is 9.02. The van der Waals surface area contributed by atoms with E-state index < -0.39 is 0 Å². The molecule has 0 atom stereocenters. The molecule has 1 saturated heterocycles. The van der Waals surface area contributed by atoms with Gasteiger partial charge in [0.05, 0.1) is 5.56 Å². The smallest absolute Gasteiger partial charge is 0.262 e. The van der Waals surface area contributed by atoms with Crippen LogP contribution in [0, 0.1) is 0 Å². The van der Waals surface area contributed by atoms with Gasteiger partial charge in [-0.2, -0.15) is 0 Å². The van der Waals surface area contributed by atoms with Crippen LogP contribution in [0.4, 0.5) is 5.95 Å². The highest BCUT2D eigenvalue weighted by Crippen LogP contribution is 2.27. The number of fused-ring (bicyclic) bond motifs is 1. The van der Waals surface area contributed by atoms with E-state index in [-0.39, 0.29) is 5.91 Å². The molecule has 8 heteroatoms. The second-order valence-corrected chi connectivity index (χ2v) is 7.13. The molecule has 1 aromatic carbocycles. The van der Waals surface area contributed by atoms with Gasteiger partial charge in [0.15, 0.2) is 0 Å². The normalized spacial score (nSPS) is 17.6. The van der Waals surface area contributed by atoms with Gasteiger partial charge in [0.1, 0.15) is 17.2 Å². The molecular formula is C20H22ClN5O2. The van der Waals surface area contributed by atoms with E-state index in [1.54, 1.807) is 29.4 Å². The Morgan fingerprint density at radius 1 is 1.00 bits per heavy atom. The average molecular weight is 400 g/mol. The van der Waals surface area contributed by atoms with E-state index in [0.717, 1.165) is 45.1 Å². The number of halogens is 1. The number of hydrogen-bond donors (Lipinski definition) is 0. The predicted octanol–water partition coefficient (Wildman–Crippen LogP) is 2.56. The van der Waals surface area contributed by atoms with E-state index in [4.69, 9.17) is 16.3 Å². The topological polar surface area (TPSA) is 61.8 Å². The van der Waals surface area contributed by atoms with Gasteiger partial charge in [0.25, 0.3) is 5.91 Å². The van der Waals surface area contributed by atoms with E-state index in [1.165, 1.54) is 6.26 Å². The maximum atomic E-state index is 12.8. The summed E-state index contributed by atoms with van der Waals surface area (Å²) in [7, 11) is 0. The van der Waals surface area contributed by atoms with Crippen molar-refractivity contribution in [2.75, 3.05) is 44.2 Å². The highest BCUT2D eigenvalue weighted by atomic mass is 35.5. The van der Waals surface area contributed by atoms with E-state index in [1.807, 2.05) is 18.2 Å². The number of benzene rings is 1. The van der Waals surface area contributed by atoms with Crippen molar-refractivity contribution < 1.29 is 9.53 Å². The van der Waals surface area contributed by atoms with Gasteiger partial charge in [0, 0.05) is 45.1 Å². The summed E-state index contributed by atoms with van der Waals surface area (Å²) in [6.45, 7) is 5.14. The van der Waals surface area contributed by atoms with Crippen molar-refractivity contribution in [3.63, 3.8) is 0 Å². The Labute approximate surface area is 169 Å². The zero-order chi connectivity index (χ0) is 19.3. The molecule has 3 heterocycles. The van der Waals surface area contributed by atoms with E-state index in [0.29, 0.717) is 23.0 Å². The summed E-state index contributed by atoms with van der Waals surface area (Å²) >= 11 is 6.29. The molecule has 0 unspecified atom stereocenters. The molecule has 1 aromatic heterocycles. The molecule has 146 valence electrons. The van der Waals surface area contributed by atoms with Gasteiger partial charge in [-0.25, -0.2) is 9.97 Å². The number of carbonyl (C=O) groups is 1. The Kier molecular flexibility index (Phi) is 5.73. The Morgan fingerprint density at radius 3 is 2.54 bits per heavy atom. The summed E-state index contributed by atoms with van der Waals surface area (Å²) in [5, 5.41) is 0.312. The van der Waals surface area contributed by atoms with Gasteiger partial charge in [-0.05, 0) is 31.2 Å². The Balaban J connectivity index is 1.29. The number of carbonyl (C=O) groups excluding carboxylic acids is 1. The minimum Gasteiger partial charge on any atom is -0.461 e. The second-order valence-electron chi connectivity index (χ2n) is 6.74. The Bertz CT molecular complexity index is 853. The minimum atomic E-state index is -0.125. The molecule has 0 N–H and O–H groups in total. The van der Waals surface area contributed by atoms with E-state index in [2.05, 4.69) is 19.8 Å². The lowest BCUT2D eigenvalue weighted by Crippen LogP contribution is -2.47. The van der Waals surface area contributed by atoms with Gasteiger partial charge in [-0.1, -0.05) is 23.7 Å². The van der Waals surface area contributed by atoms with Crippen LogP contribution in [0.5, 0.6) is 5.75 Å². The number of ether oxygens (including phenoxy) is 1. The minimum absolute atomic E-state index is 0.125. The van der Waals surface area contributed by atoms with Crippen LogP contribution in [-0.4, -0.2) is 64.9 Å². The lowest BCUT2D eigenvalue weighted by Gasteiger charge is -2.35. The monoisotopic (exact) mass is 399 g/mol. The molecule has 0 bridgehead atoms. The number of amides is 1. The first-order chi connectivity index (χ1) is 13.7. The predicted molar refractivity (Wildman–Crippen MR) is 107 cm³/mol. The summed E-state index contributed by atoms with van der Waals surface area (Å²) in [4.78, 5) is 27.6. The van der Waals surface area contributed by atoms with Crippen molar-refractivity contribution in [3.8, 4) is 5.75 Å². The van der Waals surface area contributed by atoms with Crippen molar-refractivity contribution in [1.29, 1.82) is 0 Å². The standard InChI is InChI=1S/C20H22ClN5O2/c21-18-15-28-17-6-2-1-5-16(17)19(27)26(18)10-4-9-24-11-13-25(14-12-24)20-22-7-3-8-23-20/h1-3,5-8,15H,4,9-14H2.